The summed E-state index contributed by atoms with van der Waals surface area (Å²) in [4.78, 5) is 0. The molecule has 1 N–H and O–H groups in total. The van der Waals surface area contributed by atoms with Gasteiger partial charge in [-0.25, -0.2) is 0 Å². The van der Waals surface area contributed by atoms with Gasteiger partial charge in [-0.3, -0.25) is 0 Å². The number of aromatic nitrogens is 2. The molecule has 3 nitrogen and oxygen atoms in total. The molecule has 4 heteroatoms. The molecule has 1 aliphatic rings. The Morgan fingerprint density at radius 3 is 3.00 bits per heavy atom. The van der Waals surface area contributed by atoms with Gasteiger partial charge in [0, 0.05) is 6.42 Å². The first-order chi connectivity index (χ1) is 8.33. The lowest BCUT2D eigenvalue weighted by Gasteiger charge is -2.09. The van der Waals surface area contributed by atoms with Gasteiger partial charge in [-0.1, -0.05) is 18.2 Å². The van der Waals surface area contributed by atoms with Crippen molar-refractivity contribution in [2.24, 2.45) is 0 Å². The molecule has 1 heterocycles. The second-order valence-corrected chi connectivity index (χ2v) is 5.07. The van der Waals surface area contributed by atoms with Crippen molar-refractivity contribution in [3.8, 4) is 0 Å². The first-order valence-corrected chi connectivity index (χ1v) is 6.62. The number of aliphatic hydroxyl groups excluding tert-OH is 1. The van der Waals surface area contributed by atoms with Crippen molar-refractivity contribution in [1.29, 1.82) is 0 Å². The Morgan fingerprint density at radius 2 is 2.18 bits per heavy atom. The Balaban J connectivity index is 1.77. The average Bonchev–Trinajstić information content (AvgIpc) is 2.99. The zero-order chi connectivity index (χ0) is 11.7. The molecule has 0 radical (unpaired) electrons. The van der Waals surface area contributed by atoms with E-state index < -0.39 is 6.10 Å². The van der Waals surface area contributed by atoms with Gasteiger partial charge in [0.25, 0.3) is 0 Å². The van der Waals surface area contributed by atoms with Crippen LogP contribution in [0.25, 0.3) is 0 Å². The molecule has 1 aromatic carbocycles. The molecule has 0 fully saturated rings. The largest absolute Gasteiger partial charge is 0.386 e. The van der Waals surface area contributed by atoms with Gasteiger partial charge < -0.3 is 5.11 Å². The predicted octanol–water partition coefficient (Wildman–Crippen LogP) is 2.30. The maximum atomic E-state index is 10.0. The smallest absolute Gasteiger partial charge is 0.103 e. The number of aliphatic hydroxyl groups is 1. The molecule has 0 aliphatic heterocycles. The van der Waals surface area contributed by atoms with Gasteiger partial charge in [0.1, 0.15) is 11.8 Å². The molecule has 17 heavy (non-hydrogen) atoms. The molecule has 0 saturated heterocycles. The minimum atomic E-state index is -0.534. The van der Waals surface area contributed by atoms with Crippen LogP contribution < -0.4 is 0 Å². The van der Waals surface area contributed by atoms with Crippen LogP contribution in [0.3, 0.4) is 0 Å². The maximum Gasteiger partial charge on any atom is 0.103 e. The Bertz CT molecular complexity index is 510. The van der Waals surface area contributed by atoms with Crippen molar-refractivity contribution in [2.45, 2.75) is 31.8 Å². The van der Waals surface area contributed by atoms with Gasteiger partial charge in [0.15, 0.2) is 0 Å². The SMILES string of the molecule is OC(Cc1ccc2c(c1)CCC2)c1cnsn1. The summed E-state index contributed by atoms with van der Waals surface area (Å²) in [6.07, 6.45) is 5.37. The van der Waals surface area contributed by atoms with Crippen molar-refractivity contribution in [3.63, 3.8) is 0 Å². The van der Waals surface area contributed by atoms with E-state index in [-0.39, 0.29) is 0 Å². The van der Waals surface area contributed by atoms with Crippen LogP contribution in [-0.4, -0.2) is 13.9 Å². The van der Waals surface area contributed by atoms with Crippen LogP contribution in [0.5, 0.6) is 0 Å². The molecular formula is C13H14N2OS. The lowest BCUT2D eigenvalue weighted by Crippen LogP contribution is -2.02. The summed E-state index contributed by atoms with van der Waals surface area (Å²) < 4.78 is 7.98. The number of hydrogen-bond donors (Lipinski definition) is 1. The van der Waals surface area contributed by atoms with Crippen molar-refractivity contribution in [2.75, 3.05) is 0 Å². The van der Waals surface area contributed by atoms with Crippen molar-refractivity contribution < 1.29 is 5.11 Å². The van der Waals surface area contributed by atoms with E-state index in [1.165, 1.54) is 36.0 Å². The zero-order valence-corrected chi connectivity index (χ0v) is 10.3. The molecule has 0 bridgehead atoms. The molecule has 88 valence electrons. The average molecular weight is 246 g/mol. The Hall–Kier alpha value is -1.26. The summed E-state index contributed by atoms with van der Waals surface area (Å²) >= 11 is 1.14. The highest BCUT2D eigenvalue weighted by Crippen LogP contribution is 2.25. The number of hydrogen-bond acceptors (Lipinski definition) is 4. The monoisotopic (exact) mass is 246 g/mol. The fourth-order valence-corrected chi connectivity index (χ4v) is 2.86. The third-order valence-corrected chi connectivity index (χ3v) is 3.80. The van der Waals surface area contributed by atoms with Crippen LogP contribution in [0.4, 0.5) is 0 Å². The van der Waals surface area contributed by atoms with E-state index >= 15 is 0 Å². The minimum Gasteiger partial charge on any atom is -0.386 e. The van der Waals surface area contributed by atoms with Gasteiger partial charge in [0.2, 0.25) is 0 Å². The van der Waals surface area contributed by atoms with Gasteiger partial charge in [0.05, 0.1) is 17.9 Å². The molecule has 1 atom stereocenters. The number of fused-ring (bicyclic) bond motifs is 1. The number of rotatable bonds is 3. The quantitative estimate of drug-likeness (QED) is 0.904. The molecule has 0 saturated carbocycles. The van der Waals surface area contributed by atoms with Crippen molar-refractivity contribution in [3.05, 3.63) is 46.8 Å². The molecule has 2 aromatic rings. The molecule has 1 aliphatic carbocycles. The molecule has 3 rings (SSSR count). The summed E-state index contributed by atoms with van der Waals surface area (Å²) in [5, 5.41) is 10.0. The van der Waals surface area contributed by atoms with Crippen molar-refractivity contribution in [1.82, 2.24) is 8.75 Å². The summed E-state index contributed by atoms with van der Waals surface area (Å²) in [7, 11) is 0. The number of aryl methyl sites for hydroxylation is 2. The van der Waals surface area contributed by atoms with Gasteiger partial charge in [-0.05, 0) is 36.0 Å². The van der Waals surface area contributed by atoms with Gasteiger partial charge in [-0.15, -0.1) is 0 Å². The summed E-state index contributed by atoms with van der Waals surface area (Å²) in [5.41, 5.74) is 4.78. The van der Waals surface area contributed by atoms with E-state index in [4.69, 9.17) is 0 Å². The molecule has 0 spiro atoms. The third kappa shape index (κ3) is 2.23. The third-order valence-electron chi connectivity index (χ3n) is 3.31. The van der Waals surface area contributed by atoms with E-state index in [1.54, 1.807) is 6.20 Å². The second-order valence-electron chi connectivity index (χ2n) is 4.51. The standard InChI is InChI=1S/C13H14N2OS/c16-13(12-8-14-17-15-12)7-9-4-5-10-2-1-3-11(10)6-9/h4-6,8,13,16H,1-3,7H2. The van der Waals surface area contributed by atoms with Gasteiger partial charge >= 0.3 is 0 Å². The molecule has 1 aromatic heterocycles. The minimum absolute atomic E-state index is 0.534. The molecular weight excluding hydrogens is 232 g/mol. The highest BCUT2D eigenvalue weighted by atomic mass is 32.1. The first kappa shape index (κ1) is 10.9. The van der Waals surface area contributed by atoms with E-state index in [0.717, 1.165) is 11.7 Å². The number of benzene rings is 1. The fraction of sp³-hybridized carbons (Fsp3) is 0.385. The summed E-state index contributed by atoms with van der Waals surface area (Å²) in [6.45, 7) is 0. The van der Waals surface area contributed by atoms with Crippen LogP contribution in [-0.2, 0) is 19.3 Å². The van der Waals surface area contributed by atoms with E-state index in [0.29, 0.717) is 12.1 Å². The first-order valence-electron chi connectivity index (χ1n) is 5.89. The second kappa shape index (κ2) is 4.55. The molecule has 0 amide bonds. The Kier molecular flexibility index (Phi) is 2.91. The van der Waals surface area contributed by atoms with E-state index in [2.05, 4.69) is 26.9 Å². The zero-order valence-electron chi connectivity index (χ0n) is 9.47. The molecule has 1 unspecified atom stereocenters. The summed E-state index contributed by atoms with van der Waals surface area (Å²) in [5.74, 6) is 0. The van der Waals surface area contributed by atoms with E-state index in [9.17, 15) is 5.11 Å². The number of nitrogens with zero attached hydrogens (tertiary/aromatic N) is 2. The van der Waals surface area contributed by atoms with Gasteiger partial charge in [-0.2, -0.15) is 8.75 Å². The van der Waals surface area contributed by atoms with Crippen LogP contribution in [0.1, 0.15) is 34.9 Å². The highest BCUT2D eigenvalue weighted by Gasteiger charge is 2.14. The Morgan fingerprint density at radius 1 is 1.29 bits per heavy atom. The van der Waals surface area contributed by atoms with Crippen LogP contribution >= 0.6 is 11.7 Å². The van der Waals surface area contributed by atoms with Crippen molar-refractivity contribution >= 4 is 11.7 Å². The van der Waals surface area contributed by atoms with Crippen LogP contribution in [0.15, 0.2) is 24.4 Å². The Labute approximate surface area is 104 Å². The summed E-state index contributed by atoms with van der Waals surface area (Å²) in [6, 6.07) is 6.54. The lowest BCUT2D eigenvalue weighted by molar-refractivity contribution is 0.174. The predicted molar refractivity (Wildman–Crippen MR) is 67.0 cm³/mol. The maximum absolute atomic E-state index is 10.0. The highest BCUT2D eigenvalue weighted by molar-refractivity contribution is 6.99. The fourth-order valence-electron chi connectivity index (χ4n) is 2.40. The van der Waals surface area contributed by atoms with E-state index in [1.807, 2.05) is 0 Å². The normalized spacial score (nSPS) is 15.8. The van der Waals surface area contributed by atoms with Crippen LogP contribution in [0.2, 0.25) is 0 Å². The lowest BCUT2D eigenvalue weighted by atomic mass is 10.0. The van der Waals surface area contributed by atoms with Crippen LogP contribution in [0, 0.1) is 0 Å². The topological polar surface area (TPSA) is 46.0 Å².